The maximum Gasteiger partial charge on any atom is 0.146 e. The van der Waals surface area contributed by atoms with Gasteiger partial charge in [0.2, 0.25) is 0 Å². The van der Waals surface area contributed by atoms with E-state index in [1.165, 1.54) is 0 Å². The van der Waals surface area contributed by atoms with Crippen LogP contribution in [0.1, 0.15) is 12.0 Å². The Kier molecular flexibility index (Phi) is 4.34. The quantitative estimate of drug-likeness (QED) is 0.866. The number of morpholine rings is 1. The van der Waals surface area contributed by atoms with Gasteiger partial charge in [0.25, 0.3) is 0 Å². The van der Waals surface area contributed by atoms with Crippen molar-refractivity contribution in [3.63, 3.8) is 0 Å². The van der Waals surface area contributed by atoms with Crippen molar-refractivity contribution in [2.24, 2.45) is 0 Å². The van der Waals surface area contributed by atoms with Crippen molar-refractivity contribution in [2.45, 2.75) is 12.8 Å². The summed E-state index contributed by atoms with van der Waals surface area (Å²) in [6, 6.07) is 5.33. The van der Waals surface area contributed by atoms with E-state index < -0.39 is 0 Å². The standard InChI is InChI=1S/C13H18FNO2/c14-12-10-11(2-1-7-16)3-4-13(12)15-5-8-17-9-6-15/h3-4,10,16H,1-2,5-9H2. The van der Waals surface area contributed by atoms with Gasteiger partial charge in [0, 0.05) is 19.7 Å². The number of benzene rings is 1. The second-order valence-corrected chi connectivity index (χ2v) is 4.21. The second kappa shape index (κ2) is 5.98. The summed E-state index contributed by atoms with van der Waals surface area (Å²) in [6.07, 6.45) is 1.40. The summed E-state index contributed by atoms with van der Waals surface area (Å²) >= 11 is 0. The van der Waals surface area contributed by atoms with Crippen LogP contribution in [-0.2, 0) is 11.2 Å². The Balaban J connectivity index is 2.07. The molecule has 4 heteroatoms. The van der Waals surface area contributed by atoms with E-state index in [9.17, 15) is 4.39 Å². The highest BCUT2D eigenvalue weighted by Crippen LogP contribution is 2.22. The van der Waals surface area contributed by atoms with E-state index in [2.05, 4.69) is 0 Å². The predicted molar refractivity (Wildman–Crippen MR) is 64.8 cm³/mol. The number of anilines is 1. The van der Waals surface area contributed by atoms with Crippen LogP contribution in [0.3, 0.4) is 0 Å². The minimum atomic E-state index is -0.178. The first-order chi connectivity index (χ1) is 8.31. The molecule has 17 heavy (non-hydrogen) atoms. The Morgan fingerprint density at radius 1 is 1.29 bits per heavy atom. The van der Waals surface area contributed by atoms with Crippen molar-refractivity contribution in [3.8, 4) is 0 Å². The maximum absolute atomic E-state index is 13.9. The molecule has 0 atom stereocenters. The minimum Gasteiger partial charge on any atom is -0.396 e. The summed E-state index contributed by atoms with van der Waals surface area (Å²) in [5.74, 6) is -0.178. The Bertz CT molecular complexity index is 364. The van der Waals surface area contributed by atoms with E-state index in [-0.39, 0.29) is 12.4 Å². The average Bonchev–Trinajstić information content (AvgIpc) is 2.37. The highest BCUT2D eigenvalue weighted by Gasteiger charge is 2.14. The Labute approximate surface area is 101 Å². The first-order valence-corrected chi connectivity index (χ1v) is 6.03. The summed E-state index contributed by atoms with van der Waals surface area (Å²) in [6.45, 7) is 2.95. The van der Waals surface area contributed by atoms with Gasteiger partial charge in [-0.05, 0) is 30.5 Å². The van der Waals surface area contributed by atoms with Crippen LogP contribution in [0.2, 0.25) is 0 Å². The van der Waals surface area contributed by atoms with E-state index in [0.29, 0.717) is 25.3 Å². The van der Waals surface area contributed by atoms with Gasteiger partial charge < -0.3 is 14.7 Å². The highest BCUT2D eigenvalue weighted by atomic mass is 19.1. The zero-order valence-corrected chi connectivity index (χ0v) is 9.86. The molecule has 1 aromatic carbocycles. The molecule has 0 aliphatic carbocycles. The molecule has 1 heterocycles. The number of nitrogens with zero attached hydrogens (tertiary/aromatic N) is 1. The molecular weight excluding hydrogens is 221 g/mol. The molecule has 0 radical (unpaired) electrons. The Morgan fingerprint density at radius 2 is 2.06 bits per heavy atom. The molecule has 1 fully saturated rings. The van der Waals surface area contributed by atoms with Gasteiger partial charge in [-0.3, -0.25) is 0 Å². The molecule has 2 rings (SSSR count). The molecule has 0 aromatic heterocycles. The Morgan fingerprint density at radius 3 is 2.71 bits per heavy atom. The third kappa shape index (κ3) is 3.17. The molecule has 0 spiro atoms. The fourth-order valence-corrected chi connectivity index (χ4v) is 2.05. The van der Waals surface area contributed by atoms with Crippen LogP contribution in [0.4, 0.5) is 10.1 Å². The lowest BCUT2D eigenvalue weighted by Gasteiger charge is -2.29. The molecule has 94 valence electrons. The first-order valence-electron chi connectivity index (χ1n) is 6.03. The summed E-state index contributed by atoms with van der Waals surface area (Å²) in [4.78, 5) is 2.01. The van der Waals surface area contributed by atoms with Gasteiger partial charge in [0.05, 0.1) is 18.9 Å². The third-order valence-corrected chi connectivity index (χ3v) is 2.99. The van der Waals surface area contributed by atoms with Crippen LogP contribution in [-0.4, -0.2) is 38.0 Å². The third-order valence-electron chi connectivity index (χ3n) is 2.99. The fraction of sp³-hybridized carbons (Fsp3) is 0.538. The van der Waals surface area contributed by atoms with Gasteiger partial charge in [0.15, 0.2) is 0 Å². The van der Waals surface area contributed by atoms with E-state index in [0.717, 1.165) is 25.1 Å². The van der Waals surface area contributed by atoms with Crippen LogP contribution in [0.15, 0.2) is 18.2 Å². The number of aryl methyl sites for hydroxylation is 1. The molecule has 1 N–H and O–H groups in total. The molecule has 1 aliphatic rings. The van der Waals surface area contributed by atoms with Crippen LogP contribution in [0, 0.1) is 5.82 Å². The van der Waals surface area contributed by atoms with Crippen molar-refractivity contribution >= 4 is 5.69 Å². The summed E-state index contributed by atoms with van der Waals surface area (Å²) < 4.78 is 19.2. The lowest BCUT2D eigenvalue weighted by Crippen LogP contribution is -2.36. The topological polar surface area (TPSA) is 32.7 Å². The van der Waals surface area contributed by atoms with Crippen molar-refractivity contribution in [3.05, 3.63) is 29.6 Å². The molecule has 0 unspecified atom stereocenters. The number of hydrogen-bond donors (Lipinski definition) is 1. The molecule has 1 aliphatic heterocycles. The normalized spacial score (nSPS) is 16.2. The number of halogens is 1. The molecule has 1 aromatic rings. The van der Waals surface area contributed by atoms with Gasteiger partial charge in [-0.2, -0.15) is 0 Å². The number of rotatable bonds is 4. The van der Waals surface area contributed by atoms with E-state index >= 15 is 0 Å². The van der Waals surface area contributed by atoms with Gasteiger partial charge in [-0.1, -0.05) is 6.07 Å². The van der Waals surface area contributed by atoms with Crippen molar-refractivity contribution in [1.29, 1.82) is 0 Å². The summed E-state index contributed by atoms with van der Waals surface area (Å²) in [5, 5.41) is 8.74. The van der Waals surface area contributed by atoms with E-state index in [4.69, 9.17) is 9.84 Å². The SMILES string of the molecule is OCCCc1ccc(N2CCOCC2)c(F)c1. The molecule has 1 saturated heterocycles. The Hall–Kier alpha value is -1.13. The first kappa shape index (κ1) is 12.3. The molecule has 0 amide bonds. The van der Waals surface area contributed by atoms with Crippen molar-refractivity contribution in [1.82, 2.24) is 0 Å². The minimum absolute atomic E-state index is 0.146. The second-order valence-electron chi connectivity index (χ2n) is 4.21. The number of ether oxygens (including phenoxy) is 1. The van der Waals surface area contributed by atoms with Gasteiger partial charge in [-0.25, -0.2) is 4.39 Å². The summed E-state index contributed by atoms with van der Waals surface area (Å²) in [5.41, 5.74) is 1.59. The lowest BCUT2D eigenvalue weighted by atomic mass is 10.1. The van der Waals surface area contributed by atoms with Crippen molar-refractivity contribution in [2.75, 3.05) is 37.8 Å². The van der Waals surface area contributed by atoms with Crippen LogP contribution in [0.25, 0.3) is 0 Å². The van der Waals surface area contributed by atoms with Gasteiger partial charge in [-0.15, -0.1) is 0 Å². The van der Waals surface area contributed by atoms with Gasteiger partial charge >= 0.3 is 0 Å². The lowest BCUT2D eigenvalue weighted by molar-refractivity contribution is 0.122. The molecule has 0 bridgehead atoms. The number of aliphatic hydroxyl groups is 1. The number of aliphatic hydroxyl groups excluding tert-OH is 1. The van der Waals surface area contributed by atoms with Crippen LogP contribution in [0.5, 0.6) is 0 Å². The van der Waals surface area contributed by atoms with Crippen LogP contribution < -0.4 is 4.90 Å². The van der Waals surface area contributed by atoms with Gasteiger partial charge in [0.1, 0.15) is 5.82 Å². The van der Waals surface area contributed by atoms with Crippen molar-refractivity contribution < 1.29 is 14.2 Å². The zero-order chi connectivity index (χ0) is 12.1. The molecule has 0 saturated carbocycles. The van der Waals surface area contributed by atoms with E-state index in [1.807, 2.05) is 17.0 Å². The average molecular weight is 239 g/mol. The maximum atomic E-state index is 13.9. The molecular formula is C13H18FNO2. The smallest absolute Gasteiger partial charge is 0.146 e. The number of hydrogen-bond acceptors (Lipinski definition) is 3. The zero-order valence-electron chi connectivity index (χ0n) is 9.86. The highest BCUT2D eigenvalue weighted by molar-refractivity contribution is 5.49. The largest absolute Gasteiger partial charge is 0.396 e. The monoisotopic (exact) mass is 239 g/mol. The molecule has 3 nitrogen and oxygen atoms in total. The van der Waals surface area contributed by atoms with E-state index in [1.54, 1.807) is 6.07 Å². The summed E-state index contributed by atoms with van der Waals surface area (Å²) in [7, 11) is 0. The fourth-order valence-electron chi connectivity index (χ4n) is 2.05. The van der Waals surface area contributed by atoms with Crippen LogP contribution >= 0.6 is 0 Å². The predicted octanol–water partition coefficient (Wildman–Crippen LogP) is 1.59.